The molecule has 0 aliphatic heterocycles. The van der Waals surface area contributed by atoms with Gasteiger partial charge < -0.3 is 16.0 Å². The monoisotopic (exact) mass is 435 g/mol. The third-order valence-electron chi connectivity index (χ3n) is 4.09. The maximum absolute atomic E-state index is 12.1. The zero-order valence-corrected chi connectivity index (χ0v) is 17.6. The molecule has 29 heavy (non-hydrogen) atoms. The molecule has 0 spiro atoms. The van der Waals surface area contributed by atoms with Crippen molar-refractivity contribution in [2.45, 2.75) is 26.2 Å². The molecular weight excluding hydrogens is 413 g/mol. The number of amides is 3. The molecule has 154 valence electrons. The Bertz CT molecular complexity index is 870. The van der Waals surface area contributed by atoms with E-state index in [-0.39, 0.29) is 29.6 Å². The quantitative estimate of drug-likeness (QED) is 0.559. The molecule has 0 aromatic heterocycles. The highest BCUT2D eigenvalue weighted by molar-refractivity contribution is 6.36. The van der Waals surface area contributed by atoms with Crippen LogP contribution in [-0.4, -0.2) is 30.8 Å². The number of rotatable bonds is 9. The van der Waals surface area contributed by atoms with Crippen molar-refractivity contribution >= 4 is 46.6 Å². The first-order chi connectivity index (χ1) is 13.9. The molecule has 2 aromatic carbocycles. The van der Waals surface area contributed by atoms with Crippen LogP contribution in [0.15, 0.2) is 42.5 Å². The Balaban J connectivity index is 1.72. The minimum absolute atomic E-state index is 0.190. The van der Waals surface area contributed by atoms with Crippen molar-refractivity contribution in [3.8, 4) is 0 Å². The second-order valence-corrected chi connectivity index (χ2v) is 7.28. The standard InChI is InChI=1S/C21H23Cl2N3O3/c1-2-3-4-14-5-8-16(9-6-14)26-20(28)13-24-19(27)12-25-21(29)17-10-7-15(22)11-18(17)23/h5-11H,2-4,12-13H2,1H3,(H,24,27)(H,25,29)(H,26,28). The summed E-state index contributed by atoms with van der Waals surface area (Å²) in [6.07, 6.45) is 3.26. The van der Waals surface area contributed by atoms with Crippen LogP contribution in [0.5, 0.6) is 0 Å². The second kappa shape index (κ2) is 11.4. The lowest BCUT2D eigenvalue weighted by atomic mass is 10.1. The van der Waals surface area contributed by atoms with Crippen LogP contribution < -0.4 is 16.0 Å². The van der Waals surface area contributed by atoms with Gasteiger partial charge in [0.25, 0.3) is 5.91 Å². The molecule has 0 fully saturated rings. The fraction of sp³-hybridized carbons (Fsp3) is 0.286. The van der Waals surface area contributed by atoms with Gasteiger partial charge in [-0.2, -0.15) is 0 Å². The fourth-order valence-electron chi connectivity index (χ4n) is 2.51. The summed E-state index contributed by atoms with van der Waals surface area (Å²) >= 11 is 11.7. The van der Waals surface area contributed by atoms with E-state index in [2.05, 4.69) is 22.9 Å². The smallest absolute Gasteiger partial charge is 0.253 e. The van der Waals surface area contributed by atoms with Gasteiger partial charge in [0.15, 0.2) is 0 Å². The third-order valence-corrected chi connectivity index (χ3v) is 4.64. The highest BCUT2D eigenvalue weighted by Gasteiger charge is 2.12. The van der Waals surface area contributed by atoms with Crippen LogP contribution in [0.2, 0.25) is 10.0 Å². The molecule has 0 aliphatic rings. The Morgan fingerprint density at radius 1 is 0.897 bits per heavy atom. The van der Waals surface area contributed by atoms with Gasteiger partial charge in [-0.05, 0) is 48.7 Å². The molecule has 0 bridgehead atoms. The first-order valence-corrected chi connectivity index (χ1v) is 10.0. The topological polar surface area (TPSA) is 87.3 Å². The Morgan fingerprint density at radius 3 is 2.24 bits per heavy atom. The van der Waals surface area contributed by atoms with E-state index in [1.165, 1.54) is 23.8 Å². The van der Waals surface area contributed by atoms with Gasteiger partial charge in [-0.15, -0.1) is 0 Å². The van der Waals surface area contributed by atoms with E-state index >= 15 is 0 Å². The molecule has 0 saturated heterocycles. The summed E-state index contributed by atoms with van der Waals surface area (Å²) in [5.74, 6) is -1.35. The number of anilines is 1. The van der Waals surface area contributed by atoms with Crippen molar-refractivity contribution in [1.82, 2.24) is 10.6 Å². The Labute approximate surface area is 180 Å². The lowest BCUT2D eigenvalue weighted by Gasteiger charge is -2.09. The summed E-state index contributed by atoms with van der Waals surface area (Å²) in [4.78, 5) is 35.9. The number of aryl methyl sites for hydroxylation is 1. The molecule has 0 saturated carbocycles. The highest BCUT2D eigenvalue weighted by Crippen LogP contribution is 2.20. The van der Waals surface area contributed by atoms with Crippen LogP contribution >= 0.6 is 23.2 Å². The van der Waals surface area contributed by atoms with Gasteiger partial charge in [0.1, 0.15) is 0 Å². The van der Waals surface area contributed by atoms with Crippen LogP contribution in [0.4, 0.5) is 5.69 Å². The van der Waals surface area contributed by atoms with E-state index in [1.807, 2.05) is 24.3 Å². The van der Waals surface area contributed by atoms with Crippen LogP contribution in [-0.2, 0) is 16.0 Å². The summed E-state index contributed by atoms with van der Waals surface area (Å²) < 4.78 is 0. The van der Waals surface area contributed by atoms with Gasteiger partial charge in [-0.3, -0.25) is 14.4 Å². The second-order valence-electron chi connectivity index (χ2n) is 6.43. The third kappa shape index (κ3) is 7.75. The molecule has 3 N–H and O–H groups in total. The van der Waals surface area contributed by atoms with E-state index in [0.717, 1.165) is 19.3 Å². The number of hydrogen-bond acceptors (Lipinski definition) is 3. The van der Waals surface area contributed by atoms with Crippen molar-refractivity contribution < 1.29 is 14.4 Å². The van der Waals surface area contributed by atoms with Crippen LogP contribution in [0, 0.1) is 0 Å². The summed E-state index contributed by atoms with van der Waals surface area (Å²) in [6.45, 7) is 1.66. The van der Waals surface area contributed by atoms with Gasteiger partial charge in [-0.1, -0.05) is 48.7 Å². The van der Waals surface area contributed by atoms with Crippen LogP contribution in [0.25, 0.3) is 0 Å². The molecule has 2 rings (SSSR count). The van der Waals surface area contributed by atoms with E-state index in [1.54, 1.807) is 0 Å². The number of halogens is 2. The summed E-state index contributed by atoms with van der Waals surface area (Å²) in [5, 5.41) is 8.21. The minimum atomic E-state index is -0.505. The predicted molar refractivity (Wildman–Crippen MR) is 115 cm³/mol. The lowest BCUT2D eigenvalue weighted by Crippen LogP contribution is -2.40. The maximum atomic E-state index is 12.1. The Hall–Kier alpha value is -2.57. The molecule has 8 heteroatoms. The largest absolute Gasteiger partial charge is 0.345 e. The highest BCUT2D eigenvalue weighted by atomic mass is 35.5. The lowest BCUT2D eigenvalue weighted by molar-refractivity contribution is -0.123. The van der Waals surface area contributed by atoms with Crippen molar-refractivity contribution in [1.29, 1.82) is 0 Å². The minimum Gasteiger partial charge on any atom is -0.345 e. The van der Waals surface area contributed by atoms with Crippen molar-refractivity contribution in [2.75, 3.05) is 18.4 Å². The Morgan fingerprint density at radius 2 is 1.59 bits per heavy atom. The predicted octanol–water partition coefficient (Wildman–Crippen LogP) is 3.82. The van der Waals surface area contributed by atoms with E-state index in [9.17, 15) is 14.4 Å². The van der Waals surface area contributed by atoms with Crippen molar-refractivity contribution in [3.63, 3.8) is 0 Å². The number of carbonyl (C=O) groups excluding carboxylic acids is 3. The fourth-order valence-corrected chi connectivity index (χ4v) is 3.01. The van der Waals surface area contributed by atoms with Crippen LogP contribution in [0.3, 0.4) is 0 Å². The number of hydrogen-bond donors (Lipinski definition) is 3. The molecular formula is C21H23Cl2N3O3. The van der Waals surface area contributed by atoms with Crippen molar-refractivity contribution in [3.05, 3.63) is 63.6 Å². The first-order valence-electron chi connectivity index (χ1n) is 9.27. The molecule has 3 amide bonds. The van der Waals surface area contributed by atoms with Crippen LogP contribution in [0.1, 0.15) is 35.7 Å². The van der Waals surface area contributed by atoms with E-state index in [4.69, 9.17) is 23.2 Å². The van der Waals surface area contributed by atoms with E-state index in [0.29, 0.717) is 10.7 Å². The molecule has 2 aromatic rings. The normalized spacial score (nSPS) is 10.3. The number of benzene rings is 2. The molecule has 0 heterocycles. The molecule has 6 nitrogen and oxygen atoms in total. The van der Waals surface area contributed by atoms with Gasteiger partial charge in [0, 0.05) is 10.7 Å². The van der Waals surface area contributed by atoms with E-state index < -0.39 is 11.8 Å². The SMILES string of the molecule is CCCCc1ccc(NC(=O)CNC(=O)CNC(=O)c2ccc(Cl)cc2Cl)cc1. The molecule has 0 radical (unpaired) electrons. The zero-order chi connectivity index (χ0) is 21.2. The first kappa shape index (κ1) is 22.7. The average molecular weight is 436 g/mol. The summed E-state index contributed by atoms with van der Waals surface area (Å²) in [6, 6.07) is 12.1. The molecule has 0 unspecified atom stereocenters. The average Bonchev–Trinajstić information content (AvgIpc) is 2.70. The van der Waals surface area contributed by atoms with Crippen molar-refractivity contribution in [2.24, 2.45) is 0 Å². The molecule has 0 atom stereocenters. The molecule has 0 aliphatic carbocycles. The number of unbranched alkanes of at least 4 members (excludes halogenated alkanes) is 1. The summed E-state index contributed by atoms with van der Waals surface area (Å²) in [5.41, 5.74) is 2.09. The van der Waals surface area contributed by atoms with Gasteiger partial charge in [0.05, 0.1) is 23.7 Å². The zero-order valence-electron chi connectivity index (χ0n) is 16.1. The van der Waals surface area contributed by atoms with Gasteiger partial charge in [0.2, 0.25) is 11.8 Å². The number of carbonyl (C=O) groups is 3. The van der Waals surface area contributed by atoms with Gasteiger partial charge in [-0.25, -0.2) is 0 Å². The Kier molecular flexibility index (Phi) is 8.96. The number of nitrogens with one attached hydrogen (secondary N) is 3. The maximum Gasteiger partial charge on any atom is 0.253 e. The summed E-state index contributed by atoms with van der Waals surface area (Å²) in [7, 11) is 0. The van der Waals surface area contributed by atoms with Gasteiger partial charge >= 0.3 is 0 Å².